The van der Waals surface area contributed by atoms with Gasteiger partial charge in [-0.15, -0.1) is 0 Å². The Labute approximate surface area is 322 Å². The quantitative estimate of drug-likeness (QED) is 0.172. The molecular weight excluding hydrogens is 677 g/mol. The van der Waals surface area contributed by atoms with Gasteiger partial charge in [-0.25, -0.2) is 0 Å². The summed E-state index contributed by atoms with van der Waals surface area (Å²) in [7, 11) is 0. The predicted molar refractivity (Wildman–Crippen MR) is 238 cm³/mol. The molecule has 0 amide bonds. The average Bonchev–Trinajstić information content (AvgIpc) is 4.00. The van der Waals surface area contributed by atoms with E-state index in [1.165, 1.54) is 121 Å². The number of nitrogens with zero attached hydrogens (tertiary/aromatic N) is 2. The first-order valence-electron chi connectivity index (χ1n) is 19.4. The Bertz CT molecular complexity index is 3690. The third-order valence-corrected chi connectivity index (χ3v) is 12.4. The summed E-state index contributed by atoms with van der Waals surface area (Å²) < 4.78 is 4.94. The van der Waals surface area contributed by atoms with Crippen LogP contribution in [0, 0.1) is 0 Å². The average molecular weight is 709 g/mol. The first-order chi connectivity index (χ1) is 27.8. The predicted octanol–water partition coefficient (Wildman–Crippen LogP) is 14.7. The van der Waals surface area contributed by atoms with Crippen LogP contribution in [0.1, 0.15) is 0 Å². The van der Waals surface area contributed by atoms with Gasteiger partial charge in [-0.2, -0.15) is 0 Å². The van der Waals surface area contributed by atoms with Crippen LogP contribution in [-0.2, 0) is 0 Å². The molecule has 2 heteroatoms. The minimum absolute atomic E-state index is 1.22. The largest absolute Gasteiger partial charge is 0.308 e. The highest BCUT2D eigenvalue weighted by molar-refractivity contribution is 6.26. The second-order valence-corrected chi connectivity index (χ2v) is 15.3. The molecule has 0 saturated carbocycles. The van der Waals surface area contributed by atoms with Crippen molar-refractivity contribution in [1.82, 2.24) is 8.80 Å². The molecule has 0 atom stereocenters. The Kier molecular flexibility index (Phi) is 5.92. The highest BCUT2D eigenvalue weighted by Gasteiger charge is 2.21. The molecule has 0 N–H and O–H groups in total. The van der Waals surface area contributed by atoms with E-state index in [4.69, 9.17) is 0 Å². The maximum atomic E-state index is 2.48. The van der Waals surface area contributed by atoms with Crippen molar-refractivity contribution in [3.8, 4) is 44.5 Å². The second-order valence-electron chi connectivity index (χ2n) is 15.3. The zero-order valence-electron chi connectivity index (χ0n) is 30.4. The van der Waals surface area contributed by atoms with E-state index in [0.29, 0.717) is 0 Å². The van der Waals surface area contributed by atoms with Gasteiger partial charge in [0.2, 0.25) is 0 Å². The summed E-state index contributed by atoms with van der Waals surface area (Å²) in [6.07, 6.45) is 0. The summed E-state index contributed by atoms with van der Waals surface area (Å²) in [6.45, 7) is 0. The van der Waals surface area contributed by atoms with E-state index in [9.17, 15) is 0 Å². The van der Waals surface area contributed by atoms with Crippen molar-refractivity contribution in [2.75, 3.05) is 0 Å². The van der Waals surface area contributed by atoms with Crippen LogP contribution in [0.15, 0.2) is 194 Å². The maximum absolute atomic E-state index is 2.48. The molecule has 56 heavy (non-hydrogen) atoms. The number of fused-ring (bicyclic) bond motifs is 12. The van der Waals surface area contributed by atoms with E-state index < -0.39 is 0 Å². The van der Waals surface area contributed by atoms with E-state index >= 15 is 0 Å². The van der Waals surface area contributed by atoms with Crippen molar-refractivity contribution in [3.05, 3.63) is 194 Å². The van der Waals surface area contributed by atoms with Gasteiger partial charge in [-0.3, -0.25) is 0 Å². The molecule has 4 heterocycles. The SMILES string of the molecule is c1ccc(-c2cccc(-c3cccc(-c4ccc5c(c4)c4cc(-c6ccc7c(c6)c6cccc8c9ccccc9n7c86)cc6c7ccccc7n5c64)c3)c2)cc1. The Balaban J connectivity index is 1.00. The number of hydrogen-bond donors (Lipinski definition) is 0. The van der Waals surface area contributed by atoms with Crippen LogP contribution < -0.4 is 0 Å². The summed E-state index contributed by atoms with van der Waals surface area (Å²) in [4.78, 5) is 0. The molecule has 0 saturated heterocycles. The summed E-state index contributed by atoms with van der Waals surface area (Å²) in [5.74, 6) is 0. The Morgan fingerprint density at radius 3 is 1.18 bits per heavy atom. The maximum Gasteiger partial charge on any atom is 0.0620 e. The third-order valence-electron chi connectivity index (χ3n) is 12.4. The van der Waals surface area contributed by atoms with Crippen LogP contribution in [0.3, 0.4) is 0 Å². The highest BCUT2D eigenvalue weighted by atomic mass is 14.9. The molecule has 258 valence electrons. The van der Waals surface area contributed by atoms with E-state index in [2.05, 4.69) is 203 Å². The van der Waals surface area contributed by atoms with Crippen molar-refractivity contribution in [3.63, 3.8) is 0 Å². The summed E-state index contributed by atoms with van der Waals surface area (Å²) in [5.41, 5.74) is 17.4. The van der Waals surface area contributed by atoms with Crippen LogP contribution in [0.4, 0.5) is 0 Å². The van der Waals surface area contributed by atoms with Gasteiger partial charge in [0.1, 0.15) is 0 Å². The van der Waals surface area contributed by atoms with Crippen molar-refractivity contribution in [2.45, 2.75) is 0 Å². The molecule has 2 nitrogen and oxygen atoms in total. The smallest absolute Gasteiger partial charge is 0.0620 e. The summed E-state index contributed by atoms with van der Waals surface area (Å²) in [6, 6.07) is 71.9. The Morgan fingerprint density at radius 1 is 0.196 bits per heavy atom. The monoisotopic (exact) mass is 708 g/mol. The molecule has 13 rings (SSSR count). The van der Waals surface area contributed by atoms with Gasteiger partial charge in [0, 0.05) is 43.1 Å². The highest BCUT2D eigenvalue weighted by Crippen LogP contribution is 2.45. The fourth-order valence-electron chi connectivity index (χ4n) is 9.85. The molecule has 0 fully saturated rings. The Morgan fingerprint density at radius 2 is 0.554 bits per heavy atom. The van der Waals surface area contributed by atoms with Gasteiger partial charge in [0.15, 0.2) is 0 Å². The van der Waals surface area contributed by atoms with E-state index in [1.807, 2.05) is 0 Å². The van der Waals surface area contributed by atoms with Gasteiger partial charge in [-0.05, 0) is 105 Å². The molecule has 0 aliphatic rings. The first-order valence-corrected chi connectivity index (χ1v) is 19.4. The lowest BCUT2D eigenvalue weighted by Gasteiger charge is -2.09. The van der Waals surface area contributed by atoms with Crippen LogP contribution in [0.25, 0.3) is 121 Å². The number of aromatic nitrogens is 2. The summed E-state index contributed by atoms with van der Waals surface area (Å²) in [5, 5.41) is 10.4. The van der Waals surface area contributed by atoms with Gasteiger partial charge in [-0.1, -0.05) is 133 Å². The molecule has 13 aromatic rings. The van der Waals surface area contributed by atoms with E-state index in [0.717, 1.165) is 0 Å². The lowest BCUT2D eigenvalue weighted by atomic mass is 9.95. The molecule has 0 unspecified atom stereocenters. The normalized spacial score (nSPS) is 12.3. The van der Waals surface area contributed by atoms with Crippen LogP contribution in [-0.4, -0.2) is 8.80 Å². The van der Waals surface area contributed by atoms with E-state index in [1.54, 1.807) is 0 Å². The minimum atomic E-state index is 1.22. The van der Waals surface area contributed by atoms with Crippen LogP contribution >= 0.6 is 0 Å². The molecule has 4 aromatic heterocycles. The Hall–Kier alpha value is -7.42. The standard InChI is InChI=1S/C54H32N2/c1-2-11-33(12-3-1)34-13-8-14-35(27-34)36-15-9-16-37(28-36)38-23-25-52-46(29-38)48-32-40(31-47-42-18-5-7-22-50(42)56(52)54(47)48)39-24-26-51-45(30-39)44-20-10-19-43-41-17-4-6-21-49(41)55(51)53(43)44/h1-32H. The third kappa shape index (κ3) is 4.05. The fraction of sp³-hybridized carbons (Fsp3) is 0. The first kappa shape index (κ1) is 30.0. The zero-order valence-corrected chi connectivity index (χ0v) is 30.4. The van der Waals surface area contributed by atoms with Gasteiger partial charge < -0.3 is 8.80 Å². The topological polar surface area (TPSA) is 8.82 Å². The van der Waals surface area contributed by atoms with Gasteiger partial charge in [0.05, 0.1) is 33.1 Å². The number of benzene rings is 9. The van der Waals surface area contributed by atoms with E-state index in [-0.39, 0.29) is 0 Å². The lowest BCUT2D eigenvalue weighted by molar-refractivity contribution is 1.37. The van der Waals surface area contributed by atoms with Crippen molar-refractivity contribution in [1.29, 1.82) is 0 Å². The molecule has 0 aliphatic carbocycles. The lowest BCUT2D eigenvalue weighted by Crippen LogP contribution is -1.84. The van der Waals surface area contributed by atoms with Gasteiger partial charge >= 0.3 is 0 Å². The number of rotatable bonds is 4. The zero-order chi connectivity index (χ0) is 36.5. The summed E-state index contributed by atoms with van der Waals surface area (Å²) >= 11 is 0. The molecule has 0 radical (unpaired) electrons. The van der Waals surface area contributed by atoms with Crippen molar-refractivity contribution >= 4 is 76.2 Å². The molecule has 0 spiro atoms. The molecular formula is C54H32N2. The molecule has 0 aliphatic heterocycles. The van der Waals surface area contributed by atoms with Gasteiger partial charge in [0.25, 0.3) is 0 Å². The second kappa shape index (κ2) is 11.1. The van der Waals surface area contributed by atoms with Crippen molar-refractivity contribution < 1.29 is 0 Å². The minimum Gasteiger partial charge on any atom is -0.308 e. The van der Waals surface area contributed by atoms with Crippen LogP contribution in [0.2, 0.25) is 0 Å². The number of hydrogen-bond acceptors (Lipinski definition) is 0. The van der Waals surface area contributed by atoms with Crippen molar-refractivity contribution in [2.24, 2.45) is 0 Å². The number of para-hydroxylation sites is 3. The van der Waals surface area contributed by atoms with Crippen LogP contribution in [0.5, 0.6) is 0 Å². The fourth-order valence-corrected chi connectivity index (χ4v) is 9.85. The molecule has 0 bridgehead atoms. The molecule has 9 aromatic carbocycles.